The van der Waals surface area contributed by atoms with Crippen LogP contribution >= 0.6 is 0 Å². The summed E-state index contributed by atoms with van der Waals surface area (Å²) in [6.07, 6.45) is 6.79. The maximum atomic E-state index is 11.6. The van der Waals surface area contributed by atoms with Crippen molar-refractivity contribution in [2.75, 3.05) is 7.11 Å². The summed E-state index contributed by atoms with van der Waals surface area (Å²) in [5.41, 5.74) is -0.0908. The van der Waals surface area contributed by atoms with E-state index in [0.29, 0.717) is 5.31 Å². The van der Waals surface area contributed by atoms with E-state index in [9.17, 15) is 4.79 Å². The van der Waals surface area contributed by atoms with Crippen LogP contribution in [0.5, 0.6) is 0 Å². The fourth-order valence-corrected chi connectivity index (χ4v) is 2.90. The number of esters is 1. The molecule has 3 aliphatic rings. The van der Waals surface area contributed by atoms with Crippen LogP contribution in [0.1, 0.15) is 38.5 Å². The summed E-state index contributed by atoms with van der Waals surface area (Å²) in [6, 6.07) is 0. The third-order valence-corrected chi connectivity index (χ3v) is 4.24. The quantitative estimate of drug-likeness (QED) is 0.449. The molecule has 3 saturated carbocycles. The summed E-state index contributed by atoms with van der Waals surface area (Å²) < 4.78 is 4.90. The second kappa shape index (κ2) is 2.76. The van der Waals surface area contributed by atoms with Gasteiger partial charge in [-0.2, -0.15) is 0 Å². The van der Waals surface area contributed by atoms with Crippen LogP contribution in [-0.4, -0.2) is 20.9 Å². The Labute approximate surface area is 80.4 Å². The molecule has 0 aromatic rings. The standard InChI is InChI=1S/C10H17BO2/c1-13-8(12)9-2-5-10(11,6-3-9)7-4-9/h2-7,11H2,1H3. The van der Waals surface area contributed by atoms with Gasteiger partial charge in [-0.25, -0.2) is 0 Å². The Kier molecular flexibility index (Phi) is 1.93. The zero-order valence-electron chi connectivity index (χ0n) is 8.56. The monoisotopic (exact) mass is 180 g/mol. The van der Waals surface area contributed by atoms with E-state index in [1.807, 2.05) is 0 Å². The highest BCUT2D eigenvalue weighted by Crippen LogP contribution is 2.59. The van der Waals surface area contributed by atoms with Crippen LogP contribution < -0.4 is 0 Å². The Hall–Kier alpha value is -0.465. The summed E-state index contributed by atoms with van der Waals surface area (Å²) in [4.78, 5) is 11.6. The number of hydrogen-bond donors (Lipinski definition) is 0. The topological polar surface area (TPSA) is 26.3 Å². The van der Waals surface area contributed by atoms with Crippen molar-refractivity contribution >= 4 is 13.8 Å². The van der Waals surface area contributed by atoms with Crippen LogP contribution in [0.3, 0.4) is 0 Å². The van der Waals surface area contributed by atoms with Crippen LogP contribution in [0.25, 0.3) is 0 Å². The molecule has 0 aromatic carbocycles. The second-order valence-corrected chi connectivity index (χ2v) is 5.08. The maximum absolute atomic E-state index is 11.6. The van der Waals surface area contributed by atoms with Gasteiger partial charge in [0.1, 0.15) is 7.85 Å². The van der Waals surface area contributed by atoms with Crippen molar-refractivity contribution in [1.29, 1.82) is 0 Å². The summed E-state index contributed by atoms with van der Waals surface area (Å²) in [5, 5.41) is 0.537. The SMILES string of the molecule is BC12CCC(C(=O)OC)(CC1)CC2. The summed E-state index contributed by atoms with van der Waals surface area (Å²) >= 11 is 0. The van der Waals surface area contributed by atoms with Gasteiger partial charge in [0.25, 0.3) is 0 Å². The molecule has 0 amide bonds. The van der Waals surface area contributed by atoms with E-state index >= 15 is 0 Å². The van der Waals surface area contributed by atoms with Gasteiger partial charge >= 0.3 is 5.97 Å². The normalized spacial score (nSPS) is 43.2. The zero-order chi connectivity index (χ0) is 9.53. The number of fused-ring (bicyclic) bond motifs is 3. The Morgan fingerprint density at radius 2 is 1.62 bits per heavy atom. The molecule has 3 heteroatoms. The molecule has 0 saturated heterocycles. The molecule has 0 unspecified atom stereocenters. The van der Waals surface area contributed by atoms with Gasteiger partial charge in [-0.15, -0.1) is 0 Å². The lowest BCUT2D eigenvalue weighted by atomic mass is 9.47. The molecule has 0 N–H and O–H groups in total. The van der Waals surface area contributed by atoms with Crippen molar-refractivity contribution in [2.45, 2.75) is 43.8 Å². The fraction of sp³-hybridized carbons (Fsp3) is 0.900. The van der Waals surface area contributed by atoms with E-state index in [2.05, 4.69) is 7.85 Å². The van der Waals surface area contributed by atoms with E-state index in [1.165, 1.54) is 26.4 Å². The molecular weight excluding hydrogens is 163 g/mol. The molecule has 2 bridgehead atoms. The van der Waals surface area contributed by atoms with Crippen molar-refractivity contribution in [2.24, 2.45) is 5.41 Å². The molecule has 0 atom stereocenters. The van der Waals surface area contributed by atoms with E-state index in [0.717, 1.165) is 19.3 Å². The lowest BCUT2D eigenvalue weighted by Crippen LogP contribution is -2.43. The first kappa shape index (κ1) is 9.10. The van der Waals surface area contributed by atoms with Crippen LogP contribution in [-0.2, 0) is 9.53 Å². The molecule has 2 nitrogen and oxygen atoms in total. The molecule has 13 heavy (non-hydrogen) atoms. The highest BCUT2D eigenvalue weighted by atomic mass is 16.5. The fourth-order valence-electron chi connectivity index (χ4n) is 2.90. The smallest absolute Gasteiger partial charge is 0.311 e. The molecule has 0 aliphatic heterocycles. The largest absolute Gasteiger partial charge is 0.469 e. The van der Waals surface area contributed by atoms with Crippen LogP contribution in [0.4, 0.5) is 0 Å². The van der Waals surface area contributed by atoms with Crippen molar-refractivity contribution in [1.82, 2.24) is 0 Å². The van der Waals surface area contributed by atoms with Crippen molar-refractivity contribution in [3.8, 4) is 0 Å². The highest BCUT2D eigenvalue weighted by molar-refractivity contribution is 6.15. The van der Waals surface area contributed by atoms with Gasteiger partial charge in [0, 0.05) is 0 Å². The predicted octanol–water partition coefficient (Wildman–Crippen LogP) is 1.31. The van der Waals surface area contributed by atoms with E-state index in [-0.39, 0.29) is 11.4 Å². The maximum Gasteiger partial charge on any atom is 0.311 e. The van der Waals surface area contributed by atoms with Gasteiger partial charge in [-0.05, 0) is 19.3 Å². The first-order valence-electron chi connectivity index (χ1n) is 5.19. The van der Waals surface area contributed by atoms with Crippen LogP contribution in [0.15, 0.2) is 0 Å². The summed E-state index contributed by atoms with van der Waals surface area (Å²) in [6.45, 7) is 0. The number of methoxy groups -OCH3 is 1. The molecule has 0 spiro atoms. The van der Waals surface area contributed by atoms with Gasteiger partial charge in [0.15, 0.2) is 0 Å². The molecule has 0 radical (unpaired) electrons. The highest BCUT2D eigenvalue weighted by Gasteiger charge is 2.50. The molecule has 0 heterocycles. The number of ether oxygens (including phenoxy) is 1. The second-order valence-electron chi connectivity index (χ2n) is 5.08. The van der Waals surface area contributed by atoms with Gasteiger partial charge in [0.05, 0.1) is 12.5 Å². The lowest BCUT2D eigenvalue weighted by Gasteiger charge is -2.50. The van der Waals surface area contributed by atoms with Crippen LogP contribution in [0, 0.1) is 5.41 Å². The average Bonchev–Trinajstić information content (AvgIpc) is 2.18. The minimum atomic E-state index is -0.0908. The third-order valence-electron chi connectivity index (χ3n) is 4.24. The molecule has 72 valence electrons. The summed E-state index contributed by atoms with van der Waals surface area (Å²) in [5.74, 6) is 0.0363. The van der Waals surface area contributed by atoms with Crippen LogP contribution in [0.2, 0.25) is 5.31 Å². The Balaban J connectivity index is 2.15. The minimum Gasteiger partial charge on any atom is -0.469 e. The predicted molar refractivity (Wildman–Crippen MR) is 53.4 cm³/mol. The van der Waals surface area contributed by atoms with Crippen molar-refractivity contribution in [3.63, 3.8) is 0 Å². The third kappa shape index (κ3) is 1.29. The number of carbonyl (C=O) groups is 1. The van der Waals surface area contributed by atoms with Crippen molar-refractivity contribution in [3.05, 3.63) is 0 Å². The summed E-state index contributed by atoms with van der Waals surface area (Å²) in [7, 11) is 3.87. The van der Waals surface area contributed by atoms with Gasteiger partial charge < -0.3 is 4.74 Å². The molecule has 3 aliphatic carbocycles. The lowest BCUT2D eigenvalue weighted by molar-refractivity contribution is -0.158. The Morgan fingerprint density at radius 1 is 1.15 bits per heavy atom. The van der Waals surface area contributed by atoms with E-state index in [4.69, 9.17) is 4.74 Å². The first-order valence-corrected chi connectivity index (χ1v) is 5.19. The average molecular weight is 180 g/mol. The number of carbonyl (C=O) groups excluding carboxylic acids is 1. The zero-order valence-corrected chi connectivity index (χ0v) is 8.56. The molecule has 3 fully saturated rings. The van der Waals surface area contributed by atoms with Gasteiger partial charge in [-0.3, -0.25) is 4.79 Å². The minimum absolute atomic E-state index is 0.0363. The molecule has 0 aromatic heterocycles. The van der Waals surface area contributed by atoms with Gasteiger partial charge in [-0.1, -0.05) is 24.6 Å². The Morgan fingerprint density at radius 3 is 2.00 bits per heavy atom. The number of rotatable bonds is 1. The first-order chi connectivity index (χ1) is 6.10. The number of hydrogen-bond acceptors (Lipinski definition) is 2. The molecule has 3 rings (SSSR count). The van der Waals surface area contributed by atoms with Crippen molar-refractivity contribution < 1.29 is 9.53 Å². The van der Waals surface area contributed by atoms with E-state index < -0.39 is 0 Å². The van der Waals surface area contributed by atoms with Gasteiger partial charge in [0.2, 0.25) is 0 Å². The van der Waals surface area contributed by atoms with E-state index in [1.54, 1.807) is 0 Å². The molecular formula is C10H17BO2. The Bertz CT molecular complexity index is 213.